The molecule has 1 aromatic carbocycles. The normalized spacial score (nSPS) is 16.4. The zero-order valence-corrected chi connectivity index (χ0v) is 16.1. The lowest BCUT2D eigenvalue weighted by Crippen LogP contribution is -2.46. The molecule has 0 fully saturated rings. The predicted molar refractivity (Wildman–Crippen MR) is 102 cm³/mol. The molecule has 0 radical (unpaired) electrons. The lowest BCUT2D eigenvalue weighted by molar-refractivity contribution is 0.392. The molecule has 25 heavy (non-hydrogen) atoms. The Bertz CT molecular complexity index is 796. The Balaban J connectivity index is 0.00000225. The number of aliphatic imine (C=N–C) groups is 1. The molecule has 0 amide bonds. The van der Waals surface area contributed by atoms with Gasteiger partial charge in [0.2, 0.25) is 0 Å². The summed E-state index contributed by atoms with van der Waals surface area (Å²) in [5.74, 6) is 1.23. The first-order valence-corrected chi connectivity index (χ1v) is 7.72. The van der Waals surface area contributed by atoms with Crippen LogP contribution in [0.3, 0.4) is 0 Å². The Morgan fingerprint density at radius 1 is 1.52 bits per heavy atom. The van der Waals surface area contributed by atoms with Crippen molar-refractivity contribution in [3.8, 4) is 6.07 Å². The molecular formula is C16H19FIN7. The first-order chi connectivity index (χ1) is 11.7. The molecule has 0 saturated carbocycles. The number of halogens is 2. The van der Waals surface area contributed by atoms with E-state index in [9.17, 15) is 4.39 Å². The average molecular weight is 455 g/mol. The number of aryl methyl sites for hydroxylation is 1. The fraction of sp³-hybridized carbons (Fsp3) is 0.375. The number of benzene rings is 1. The molecule has 2 heterocycles. The maximum absolute atomic E-state index is 13.8. The summed E-state index contributed by atoms with van der Waals surface area (Å²) < 4.78 is 15.7. The van der Waals surface area contributed by atoms with Crippen molar-refractivity contribution in [1.82, 2.24) is 25.4 Å². The number of nitrogens with one attached hydrogen (secondary N) is 2. The lowest BCUT2D eigenvalue weighted by atomic mass is 10.1. The molecule has 1 aliphatic heterocycles. The highest BCUT2D eigenvalue weighted by Gasteiger charge is 2.20. The predicted octanol–water partition coefficient (Wildman–Crippen LogP) is 1.59. The first-order valence-electron chi connectivity index (χ1n) is 7.72. The molecule has 0 spiro atoms. The Labute approximate surface area is 162 Å². The topological polar surface area (TPSA) is 90.9 Å². The molecule has 0 aliphatic carbocycles. The molecule has 9 heteroatoms. The van der Waals surface area contributed by atoms with Gasteiger partial charge in [-0.05, 0) is 24.6 Å². The molecule has 7 nitrogen and oxygen atoms in total. The van der Waals surface area contributed by atoms with Crippen molar-refractivity contribution in [1.29, 1.82) is 5.26 Å². The third-order valence-corrected chi connectivity index (χ3v) is 3.99. The second-order valence-corrected chi connectivity index (χ2v) is 5.58. The van der Waals surface area contributed by atoms with Crippen molar-refractivity contribution < 1.29 is 4.39 Å². The SMILES string of the molecule is CN=C(NCc1cc(C#N)ccc1F)NC1CCc2ncnn2C1.I. The monoisotopic (exact) mass is 455 g/mol. The summed E-state index contributed by atoms with van der Waals surface area (Å²) in [5.41, 5.74) is 0.862. The molecule has 1 atom stereocenters. The van der Waals surface area contributed by atoms with Crippen LogP contribution in [0.25, 0.3) is 0 Å². The van der Waals surface area contributed by atoms with E-state index in [1.54, 1.807) is 13.4 Å². The van der Waals surface area contributed by atoms with Gasteiger partial charge in [-0.3, -0.25) is 4.99 Å². The van der Waals surface area contributed by atoms with Crippen LogP contribution in [0.15, 0.2) is 29.5 Å². The quantitative estimate of drug-likeness (QED) is 0.417. The van der Waals surface area contributed by atoms with Gasteiger partial charge in [0.05, 0.1) is 18.2 Å². The van der Waals surface area contributed by atoms with E-state index in [1.165, 1.54) is 18.2 Å². The second kappa shape index (κ2) is 8.75. The third kappa shape index (κ3) is 4.66. The summed E-state index contributed by atoms with van der Waals surface area (Å²) in [4.78, 5) is 8.38. The minimum atomic E-state index is -0.345. The van der Waals surface area contributed by atoms with Gasteiger partial charge in [0.1, 0.15) is 18.0 Å². The van der Waals surface area contributed by atoms with E-state index in [2.05, 4.69) is 25.7 Å². The third-order valence-electron chi connectivity index (χ3n) is 3.99. The highest BCUT2D eigenvalue weighted by Crippen LogP contribution is 2.12. The van der Waals surface area contributed by atoms with E-state index in [0.717, 1.165) is 18.7 Å². The van der Waals surface area contributed by atoms with Crippen LogP contribution in [0.1, 0.15) is 23.4 Å². The van der Waals surface area contributed by atoms with Crippen LogP contribution in [-0.4, -0.2) is 33.8 Å². The van der Waals surface area contributed by atoms with E-state index < -0.39 is 0 Å². The summed E-state index contributed by atoms with van der Waals surface area (Å²) >= 11 is 0. The number of fused-ring (bicyclic) bond motifs is 1. The van der Waals surface area contributed by atoms with E-state index in [1.807, 2.05) is 10.8 Å². The Kier molecular flexibility index (Phi) is 6.69. The molecule has 1 aliphatic rings. The van der Waals surface area contributed by atoms with Gasteiger partial charge in [0.25, 0.3) is 0 Å². The van der Waals surface area contributed by atoms with Gasteiger partial charge < -0.3 is 10.6 Å². The largest absolute Gasteiger partial charge is 0.352 e. The first kappa shape index (κ1) is 19.1. The van der Waals surface area contributed by atoms with Crippen LogP contribution in [0, 0.1) is 17.1 Å². The van der Waals surface area contributed by atoms with E-state index in [4.69, 9.17) is 5.26 Å². The van der Waals surface area contributed by atoms with Crippen molar-refractivity contribution in [2.75, 3.05) is 7.05 Å². The van der Waals surface area contributed by atoms with E-state index in [-0.39, 0.29) is 42.4 Å². The average Bonchev–Trinajstić information content (AvgIpc) is 3.07. The van der Waals surface area contributed by atoms with Crippen LogP contribution in [0.2, 0.25) is 0 Å². The fourth-order valence-electron chi connectivity index (χ4n) is 2.70. The standard InChI is InChI=1S/C16H18FN7.HI/c1-19-16(20-8-12-6-11(7-18)2-4-14(12)17)23-13-3-5-15-21-10-22-24(15)9-13;/h2,4,6,10,13H,3,5,8-9H2,1H3,(H2,19,20,23);1H. The molecule has 132 valence electrons. The minimum absolute atomic E-state index is 0. The fourth-order valence-corrected chi connectivity index (χ4v) is 2.70. The Morgan fingerprint density at radius 2 is 2.36 bits per heavy atom. The zero-order chi connectivity index (χ0) is 16.9. The van der Waals surface area contributed by atoms with E-state index >= 15 is 0 Å². The van der Waals surface area contributed by atoms with Crippen molar-refractivity contribution in [3.63, 3.8) is 0 Å². The molecule has 2 N–H and O–H groups in total. The molecule has 1 unspecified atom stereocenters. The van der Waals surface area contributed by atoms with Crippen molar-refractivity contribution in [2.45, 2.75) is 32.0 Å². The molecule has 1 aromatic heterocycles. The number of rotatable bonds is 3. The number of nitrogens with zero attached hydrogens (tertiary/aromatic N) is 5. The number of aromatic nitrogens is 3. The number of nitriles is 1. The molecular weight excluding hydrogens is 436 g/mol. The minimum Gasteiger partial charge on any atom is -0.352 e. The summed E-state index contributed by atoms with van der Waals surface area (Å²) in [7, 11) is 1.67. The highest BCUT2D eigenvalue weighted by molar-refractivity contribution is 14.0. The lowest BCUT2D eigenvalue weighted by Gasteiger charge is -2.25. The van der Waals surface area contributed by atoms with Crippen molar-refractivity contribution in [3.05, 3.63) is 47.3 Å². The molecule has 2 aromatic rings. The van der Waals surface area contributed by atoms with Gasteiger partial charge in [-0.25, -0.2) is 14.1 Å². The van der Waals surface area contributed by atoms with Gasteiger partial charge in [-0.15, -0.1) is 24.0 Å². The maximum atomic E-state index is 13.8. The summed E-state index contributed by atoms with van der Waals surface area (Å²) in [6.45, 7) is 0.969. The van der Waals surface area contributed by atoms with Crippen LogP contribution >= 0.6 is 24.0 Å². The molecule has 0 bridgehead atoms. The van der Waals surface area contributed by atoms with E-state index in [0.29, 0.717) is 23.6 Å². The second-order valence-electron chi connectivity index (χ2n) is 5.58. The van der Waals surface area contributed by atoms with Crippen LogP contribution in [0.5, 0.6) is 0 Å². The highest BCUT2D eigenvalue weighted by atomic mass is 127. The van der Waals surface area contributed by atoms with Crippen LogP contribution in [0.4, 0.5) is 4.39 Å². The van der Waals surface area contributed by atoms with Gasteiger partial charge in [-0.1, -0.05) is 0 Å². The van der Waals surface area contributed by atoms with Gasteiger partial charge >= 0.3 is 0 Å². The maximum Gasteiger partial charge on any atom is 0.191 e. The smallest absolute Gasteiger partial charge is 0.191 e. The Hall–Kier alpha value is -2.22. The number of guanidine groups is 1. The number of hydrogen-bond donors (Lipinski definition) is 2. The summed E-state index contributed by atoms with van der Waals surface area (Å²) in [5, 5.41) is 19.5. The van der Waals surface area contributed by atoms with Crippen LogP contribution in [-0.2, 0) is 19.5 Å². The van der Waals surface area contributed by atoms with Gasteiger partial charge in [0.15, 0.2) is 5.96 Å². The van der Waals surface area contributed by atoms with Gasteiger partial charge in [-0.2, -0.15) is 10.4 Å². The number of hydrogen-bond acceptors (Lipinski definition) is 4. The van der Waals surface area contributed by atoms with Crippen molar-refractivity contribution >= 4 is 29.9 Å². The molecule has 3 rings (SSSR count). The van der Waals surface area contributed by atoms with Crippen molar-refractivity contribution in [2.24, 2.45) is 4.99 Å². The zero-order valence-electron chi connectivity index (χ0n) is 13.7. The molecule has 0 saturated heterocycles. The van der Waals surface area contributed by atoms with Crippen LogP contribution < -0.4 is 10.6 Å². The Morgan fingerprint density at radius 3 is 3.12 bits per heavy atom. The summed E-state index contributed by atoms with van der Waals surface area (Å²) in [6, 6.07) is 6.50. The summed E-state index contributed by atoms with van der Waals surface area (Å²) in [6.07, 6.45) is 3.35. The van der Waals surface area contributed by atoms with Gasteiger partial charge in [0, 0.05) is 31.6 Å².